The molecular weight excluding hydrogens is 254 g/mol. The number of anilines is 1. The normalized spacial score (nSPS) is 11.1. The summed E-state index contributed by atoms with van der Waals surface area (Å²) in [5.74, 6) is -1.64. The summed E-state index contributed by atoms with van der Waals surface area (Å²) in [5, 5.41) is 8.64. The molecule has 5 nitrogen and oxygen atoms in total. The van der Waals surface area contributed by atoms with Gasteiger partial charge in [0.25, 0.3) is 0 Å². The molecule has 0 aliphatic rings. The SMILES string of the molecule is O=C(O)CCS(=O)(=O)Nc1ccccc1Cl. The highest BCUT2D eigenvalue weighted by atomic mass is 35.5. The zero-order valence-electron chi connectivity index (χ0n) is 8.18. The van der Waals surface area contributed by atoms with E-state index >= 15 is 0 Å². The van der Waals surface area contributed by atoms with Crippen molar-refractivity contribution >= 4 is 33.3 Å². The number of rotatable bonds is 5. The Kier molecular flexibility index (Phi) is 4.14. The monoisotopic (exact) mass is 263 g/mol. The number of sulfonamides is 1. The molecule has 0 heterocycles. The maximum absolute atomic E-state index is 11.4. The molecule has 0 fully saturated rings. The van der Waals surface area contributed by atoms with Crippen LogP contribution < -0.4 is 4.72 Å². The van der Waals surface area contributed by atoms with E-state index in [1.807, 2.05) is 0 Å². The molecule has 0 saturated heterocycles. The number of aliphatic carboxylic acids is 1. The first kappa shape index (κ1) is 12.8. The van der Waals surface area contributed by atoms with Gasteiger partial charge in [-0.3, -0.25) is 9.52 Å². The molecule has 2 N–H and O–H groups in total. The van der Waals surface area contributed by atoms with Gasteiger partial charge in [0.1, 0.15) is 0 Å². The second-order valence-corrected chi connectivity index (χ2v) is 5.29. The Morgan fingerprint density at radius 3 is 2.56 bits per heavy atom. The third-order valence-corrected chi connectivity index (χ3v) is 3.33. The molecule has 88 valence electrons. The van der Waals surface area contributed by atoms with Crippen molar-refractivity contribution < 1.29 is 18.3 Å². The first-order valence-electron chi connectivity index (χ1n) is 4.37. The van der Waals surface area contributed by atoms with Crippen molar-refractivity contribution in [1.29, 1.82) is 0 Å². The Labute approximate surface area is 98.1 Å². The fraction of sp³-hybridized carbons (Fsp3) is 0.222. The summed E-state index contributed by atoms with van der Waals surface area (Å²) in [6.45, 7) is 0. The molecule has 0 amide bonds. The number of carboxylic acid groups (broad SMARTS) is 1. The van der Waals surface area contributed by atoms with E-state index in [-0.39, 0.29) is 10.7 Å². The van der Waals surface area contributed by atoms with Crippen LogP contribution in [0, 0.1) is 0 Å². The fourth-order valence-electron chi connectivity index (χ4n) is 0.984. The molecule has 1 rings (SSSR count). The van der Waals surface area contributed by atoms with Gasteiger partial charge in [-0.25, -0.2) is 8.42 Å². The first-order chi connectivity index (χ1) is 7.41. The second-order valence-electron chi connectivity index (χ2n) is 3.04. The summed E-state index contributed by atoms with van der Waals surface area (Å²) >= 11 is 5.75. The Bertz CT molecular complexity index is 486. The Hall–Kier alpha value is -1.27. The topological polar surface area (TPSA) is 83.5 Å². The smallest absolute Gasteiger partial charge is 0.304 e. The van der Waals surface area contributed by atoms with Crippen LogP contribution in [0.1, 0.15) is 6.42 Å². The van der Waals surface area contributed by atoms with E-state index < -0.39 is 28.2 Å². The first-order valence-corrected chi connectivity index (χ1v) is 6.40. The molecular formula is C9H10ClNO4S. The van der Waals surface area contributed by atoms with E-state index in [1.54, 1.807) is 12.1 Å². The minimum Gasteiger partial charge on any atom is -0.481 e. The van der Waals surface area contributed by atoms with Gasteiger partial charge in [0.2, 0.25) is 10.0 Å². The van der Waals surface area contributed by atoms with Gasteiger partial charge in [0, 0.05) is 0 Å². The molecule has 0 aromatic heterocycles. The van der Waals surface area contributed by atoms with Crippen LogP contribution in [0.3, 0.4) is 0 Å². The number of hydrogen-bond donors (Lipinski definition) is 2. The molecule has 0 radical (unpaired) electrons. The molecule has 0 atom stereocenters. The van der Waals surface area contributed by atoms with Crippen LogP contribution in [0.15, 0.2) is 24.3 Å². The van der Waals surface area contributed by atoms with E-state index in [4.69, 9.17) is 16.7 Å². The van der Waals surface area contributed by atoms with Gasteiger partial charge in [-0.15, -0.1) is 0 Å². The molecule has 0 spiro atoms. The van der Waals surface area contributed by atoms with Crippen LogP contribution in [0.4, 0.5) is 5.69 Å². The van der Waals surface area contributed by atoms with Gasteiger partial charge >= 0.3 is 5.97 Å². The molecule has 1 aromatic carbocycles. The van der Waals surface area contributed by atoms with Gasteiger partial charge in [-0.05, 0) is 12.1 Å². The Morgan fingerprint density at radius 2 is 2.00 bits per heavy atom. The van der Waals surface area contributed by atoms with Gasteiger partial charge in [-0.1, -0.05) is 23.7 Å². The average Bonchev–Trinajstić information content (AvgIpc) is 2.19. The average molecular weight is 264 g/mol. The second kappa shape index (κ2) is 5.18. The summed E-state index contributed by atoms with van der Waals surface area (Å²) in [6, 6.07) is 6.33. The maximum atomic E-state index is 11.4. The number of carboxylic acids is 1. The zero-order valence-corrected chi connectivity index (χ0v) is 9.75. The van der Waals surface area contributed by atoms with Gasteiger partial charge < -0.3 is 5.11 Å². The molecule has 0 bridgehead atoms. The van der Waals surface area contributed by atoms with E-state index in [1.165, 1.54) is 12.1 Å². The van der Waals surface area contributed by atoms with Crippen molar-refractivity contribution in [3.63, 3.8) is 0 Å². The van der Waals surface area contributed by atoms with Gasteiger partial charge in [-0.2, -0.15) is 0 Å². The number of para-hydroxylation sites is 1. The highest BCUT2D eigenvalue weighted by molar-refractivity contribution is 7.92. The van der Waals surface area contributed by atoms with Crippen LogP contribution in [0.25, 0.3) is 0 Å². The van der Waals surface area contributed by atoms with E-state index in [2.05, 4.69) is 4.72 Å². The number of halogens is 1. The van der Waals surface area contributed by atoms with Crippen molar-refractivity contribution in [3.8, 4) is 0 Å². The van der Waals surface area contributed by atoms with Crippen molar-refractivity contribution in [2.45, 2.75) is 6.42 Å². The minimum absolute atomic E-state index is 0.245. The van der Waals surface area contributed by atoms with E-state index in [0.29, 0.717) is 0 Å². The quantitative estimate of drug-likeness (QED) is 0.844. The minimum atomic E-state index is -3.67. The van der Waals surface area contributed by atoms with Crippen molar-refractivity contribution in [1.82, 2.24) is 0 Å². The zero-order chi connectivity index (χ0) is 12.2. The van der Waals surface area contributed by atoms with Crippen LogP contribution in [-0.2, 0) is 14.8 Å². The van der Waals surface area contributed by atoms with Gasteiger partial charge in [0.15, 0.2) is 0 Å². The lowest BCUT2D eigenvalue weighted by Gasteiger charge is -2.07. The number of nitrogens with one attached hydrogen (secondary N) is 1. The summed E-state index contributed by atoms with van der Waals surface area (Å²) in [4.78, 5) is 10.2. The third-order valence-electron chi connectivity index (χ3n) is 1.72. The van der Waals surface area contributed by atoms with E-state index in [9.17, 15) is 13.2 Å². The molecule has 0 saturated carbocycles. The van der Waals surface area contributed by atoms with Crippen molar-refractivity contribution in [3.05, 3.63) is 29.3 Å². The molecule has 0 aliphatic carbocycles. The van der Waals surface area contributed by atoms with Crippen LogP contribution >= 0.6 is 11.6 Å². The van der Waals surface area contributed by atoms with Crippen LogP contribution in [-0.4, -0.2) is 25.2 Å². The Balaban J connectivity index is 2.73. The molecule has 1 aromatic rings. The standard InChI is InChI=1S/C9H10ClNO4S/c10-7-3-1-2-4-8(7)11-16(14,15)6-5-9(12)13/h1-4,11H,5-6H2,(H,12,13). The largest absolute Gasteiger partial charge is 0.481 e. The lowest BCUT2D eigenvalue weighted by molar-refractivity contribution is -0.136. The van der Waals surface area contributed by atoms with Crippen LogP contribution in [0.5, 0.6) is 0 Å². The fourth-order valence-corrected chi connectivity index (χ4v) is 2.28. The lowest BCUT2D eigenvalue weighted by atomic mass is 10.3. The molecule has 7 heteroatoms. The summed E-state index contributed by atoms with van der Waals surface area (Å²) in [7, 11) is -3.67. The third kappa shape index (κ3) is 4.08. The molecule has 16 heavy (non-hydrogen) atoms. The summed E-state index contributed by atoms with van der Waals surface area (Å²) in [6.07, 6.45) is -0.445. The number of carbonyl (C=O) groups is 1. The predicted molar refractivity (Wildman–Crippen MR) is 61.1 cm³/mol. The predicted octanol–water partition coefficient (Wildman–Crippen LogP) is 1.56. The summed E-state index contributed by atoms with van der Waals surface area (Å²) in [5.41, 5.74) is 0.245. The molecule has 0 aliphatic heterocycles. The van der Waals surface area contributed by atoms with E-state index in [0.717, 1.165) is 0 Å². The number of benzene rings is 1. The van der Waals surface area contributed by atoms with Gasteiger partial charge in [0.05, 0.1) is 22.9 Å². The number of hydrogen-bond acceptors (Lipinski definition) is 3. The van der Waals surface area contributed by atoms with Crippen molar-refractivity contribution in [2.24, 2.45) is 0 Å². The van der Waals surface area contributed by atoms with Crippen LogP contribution in [0.2, 0.25) is 5.02 Å². The summed E-state index contributed by atoms with van der Waals surface area (Å²) < 4.78 is 25.1. The van der Waals surface area contributed by atoms with Crippen molar-refractivity contribution in [2.75, 3.05) is 10.5 Å². The Morgan fingerprint density at radius 1 is 1.38 bits per heavy atom. The highest BCUT2D eigenvalue weighted by Gasteiger charge is 2.13. The molecule has 0 unspecified atom stereocenters. The highest BCUT2D eigenvalue weighted by Crippen LogP contribution is 2.21. The lowest BCUT2D eigenvalue weighted by Crippen LogP contribution is -2.19. The maximum Gasteiger partial charge on any atom is 0.304 e.